The van der Waals surface area contributed by atoms with Crippen LogP contribution in [0.4, 0.5) is 0 Å². The Morgan fingerprint density at radius 1 is 1.38 bits per heavy atom. The Hall–Kier alpha value is -0.900. The zero-order valence-electron chi connectivity index (χ0n) is 10.9. The van der Waals surface area contributed by atoms with Crippen molar-refractivity contribution in [1.82, 2.24) is 20.1 Å². The first-order chi connectivity index (χ1) is 7.63. The van der Waals surface area contributed by atoms with Crippen LogP contribution in [-0.2, 0) is 13.5 Å². The maximum Gasteiger partial charge on any atom is 0.138 e. The Bertz CT molecular complexity index is 293. The smallest absolute Gasteiger partial charge is 0.138 e. The molecule has 0 amide bonds. The highest BCUT2D eigenvalue weighted by atomic mass is 15.3. The van der Waals surface area contributed by atoms with Crippen LogP contribution in [0.25, 0.3) is 0 Å². The maximum absolute atomic E-state index is 4.27. The lowest BCUT2D eigenvalue weighted by Gasteiger charge is -2.16. The fourth-order valence-electron chi connectivity index (χ4n) is 1.70. The highest BCUT2D eigenvalue weighted by Gasteiger charge is 2.10. The summed E-state index contributed by atoms with van der Waals surface area (Å²) in [5, 5.41) is 7.61. The highest BCUT2D eigenvalue weighted by Crippen LogP contribution is 2.08. The van der Waals surface area contributed by atoms with Gasteiger partial charge >= 0.3 is 0 Å². The minimum atomic E-state index is 0.654. The molecule has 0 aliphatic heterocycles. The van der Waals surface area contributed by atoms with Gasteiger partial charge in [-0.05, 0) is 24.9 Å². The van der Waals surface area contributed by atoms with Gasteiger partial charge in [0.25, 0.3) is 0 Å². The van der Waals surface area contributed by atoms with Crippen molar-refractivity contribution in [2.45, 2.75) is 33.6 Å². The Labute approximate surface area is 98.5 Å². The molecule has 0 saturated carbocycles. The zero-order valence-corrected chi connectivity index (χ0v) is 10.9. The summed E-state index contributed by atoms with van der Waals surface area (Å²) >= 11 is 0. The highest BCUT2D eigenvalue weighted by molar-refractivity contribution is 4.86. The molecular weight excluding hydrogens is 200 g/mol. The molecule has 4 nitrogen and oxygen atoms in total. The topological polar surface area (TPSA) is 42.7 Å². The SMILES string of the molecule is CCC(CNCC(C)C)Cc1ncnn1C. The van der Waals surface area contributed by atoms with E-state index in [2.05, 4.69) is 36.2 Å². The molecule has 1 aromatic rings. The second kappa shape index (κ2) is 6.63. The van der Waals surface area contributed by atoms with Crippen LogP contribution in [-0.4, -0.2) is 27.9 Å². The van der Waals surface area contributed by atoms with Gasteiger partial charge in [0.15, 0.2) is 0 Å². The third-order valence-electron chi connectivity index (χ3n) is 2.84. The summed E-state index contributed by atoms with van der Waals surface area (Å²) in [7, 11) is 1.95. The fourth-order valence-corrected chi connectivity index (χ4v) is 1.70. The molecule has 1 unspecified atom stereocenters. The van der Waals surface area contributed by atoms with E-state index in [0.29, 0.717) is 11.8 Å². The van der Waals surface area contributed by atoms with Gasteiger partial charge in [-0.25, -0.2) is 4.98 Å². The van der Waals surface area contributed by atoms with Crippen molar-refractivity contribution in [2.75, 3.05) is 13.1 Å². The molecule has 0 radical (unpaired) electrons. The summed E-state index contributed by atoms with van der Waals surface area (Å²) in [5.41, 5.74) is 0. The van der Waals surface area contributed by atoms with E-state index in [1.54, 1.807) is 6.33 Å². The molecule has 0 bridgehead atoms. The Morgan fingerprint density at radius 3 is 2.62 bits per heavy atom. The van der Waals surface area contributed by atoms with E-state index in [4.69, 9.17) is 0 Å². The average Bonchev–Trinajstić information content (AvgIpc) is 2.62. The summed E-state index contributed by atoms with van der Waals surface area (Å²) in [5.74, 6) is 2.45. The first-order valence-corrected chi connectivity index (χ1v) is 6.17. The first-order valence-electron chi connectivity index (χ1n) is 6.17. The lowest BCUT2D eigenvalue weighted by molar-refractivity contribution is 0.425. The van der Waals surface area contributed by atoms with Gasteiger partial charge in [-0.1, -0.05) is 27.2 Å². The van der Waals surface area contributed by atoms with E-state index in [9.17, 15) is 0 Å². The van der Waals surface area contributed by atoms with Crippen molar-refractivity contribution in [3.8, 4) is 0 Å². The third-order valence-corrected chi connectivity index (χ3v) is 2.84. The van der Waals surface area contributed by atoms with Crippen molar-refractivity contribution in [1.29, 1.82) is 0 Å². The standard InChI is InChI=1S/C12H24N4/c1-5-11(8-13-7-10(2)3)6-12-14-9-15-16(12)4/h9-11,13H,5-8H2,1-4H3. The quantitative estimate of drug-likeness (QED) is 0.765. The molecular formula is C12H24N4. The van der Waals surface area contributed by atoms with Gasteiger partial charge in [-0.2, -0.15) is 5.10 Å². The molecule has 1 atom stereocenters. The molecule has 0 aromatic carbocycles. The molecule has 0 saturated heterocycles. The number of hydrogen-bond acceptors (Lipinski definition) is 3. The largest absolute Gasteiger partial charge is 0.316 e. The van der Waals surface area contributed by atoms with Crippen LogP contribution in [0.5, 0.6) is 0 Å². The Balaban J connectivity index is 2.35. The molecule has 4 heteroatoms. The third kappa shape index (κ3) is 4.31. The van der Waals surface area contributed by atoms with Gasteiger partial charge in [0, 0.05) is 13.5 Å². The van der Waals surface area contributed by atoms with Crippen molar-refractivity contribution in [3.05, 3.63) is 12.2 Å². The second-order valence-electron chi connectivity index (χ2n) is 4.83. The summed E-state index contributed by atoms with van der Waals surface area (Å²) in [6.45, 7) is 8.86. The maximum atomic E-state index is 4.27. The van der Waals surface area contributed by atoms with Gasteiger partial charge in [-0.15, -0.1) is 0 Å². The van der Waals surface area contributed by atoms with Crippen molar-refractivity contribution < 1.29 is 0 Å². The van der Waals surface area contributed by atoms with Gasteiger partial charge in [0.2, 0.25) is 0 Å². The molecule has 92 valence electrons. The van der Waals surface area contributed by atoms with Gasteiger partial charge in [0.1, 0.15) is 12.2 Å². The molecule has 1 N–H and O–H groups in total. The van der Waals surface area contributed by atoms with Crippen LogP contribution in [0, 0.1) is 11.8 Å². The summed E-state index contributed by atoms with van der Waals surface area (Å²) in [6.07, 6.45) is 3.82. The molecule has 1 heterocycles. The van der Waals surface area contributed by atoms with E-state index in [1.807, 2.05) is 11.7 Å². The lowest BCUT2D eigenvalue weighted by atomic mass is 10.0. The molecule has 1 rings (SSSR count). The van der Waals surface area contributed by atoms with E-state index in [1.165, 1.54) is 6.42 Å². The zero-order chi connectivity index (χ0) is 12.0. The van der Waals surface area contributed by atoms with Crippen LogP contribution in [0.1, 0.15) is 33.0 Å². The van der Waals surface area contributed by atoms with Crippen molar-refractivity contribution >= 4 is 0 Å². The van der Waals surface area contributed by atoms with E-state index >= 15 is 0 Å². The van der Waals surface area contributed by atoms with Crippen molar-refractivity contribution in [3.63, 3.8) is 0 Å². The normalized spacial score (nSPS) is 13.3. The number of rotatable bonds is 7. The average molecular weight is 224 g/mol. The van der Waals surface area contributed by atoms with E-state index in [-0.39, 0.29) is 0 Å². The summed E-state index contributed by atoms with van der Waals surface area (Å²) in [4.78, 5) is 4.27. The van der Waals surface area contributed by atoms with Gasteiger partial charge in [-0.3, -0.25) is 4.68 Å². The Kier molecular flexibility index (Phi) is 5.46. The van der Waals surface area contributed by atoms with Crippen LogP contribution in [0.3, 0.4) is 0 Å². The fraction of sp³-hybridized carbons (Fsp3) is 0.833. The van der Waals surface area contributed by atoms with E-state index in [0.717, 1.165) is 25.3 Å². The van der Waals surface area contributed by atoms with Crippen LogP contribution < -0.4 is 5.32 Å². The van der Waals surface area contributed by atoms with Gasteiger partial charge < -0.3 is 5.32 Å². The molecule has 0 aliphatic rings. The lowest BCUT2D eigenvalue weighted by Crippen LogP contribution is -2.27. The number of aryl methyl sites for hydroxylation is 1. The molecule has 16 heavy (non-hydrogen) atoms. The Morgan fingerprint density at radius 2 is 2.12 bits per heavy atom. The predicted molar refractivity (Wildman–Crippen MR) is 66.2 cm³/mol. The van der Waals surface area contributed by atoms with Crippen LogP contribution >= 0.6 is 0 Å². The number of aromatic nitrogens is 3. The molecule has 0 fully saturated rings. The number of nitrogens with zero attached hydrogens (tertiary/aromatic N) is 3. The van der Waals surface area contributed by atoms with E-state index < -0.39 is 0 Å². The van der Waals surface area contributed by atoms with Gasteiger partial charge in [0.05, 0.1) is 0 Å². The summed E-state index contributed by atoms with van der Waals surface area (Å²) in [6, 6.07) is 0. The van der Waals surface area contributed by atoms with Crippen molar-refractivity contribution in [2.24, 2.45) is 18.9 Å². The second-order valence-corrected chi connectivity index (χ2v) is 4.83. The summed E-state index contributed by atoms with van der Waals surface area (Å²) < 4.78 is 1.87. The minimum absolute atomic E-state index is 0.654. The molecule has 0 aliphatic carbocycles. The molecule has 1 aromatic heterocycles. The predicted octanol–water partition coefficient (Wildman–Crippen LogP) is 1.63. The van der Waals surface area contributed by atoms with Crippen LogP contribution in [0.2, 0.25) is 0 Å². The minimum Gasteiger partial charge on any atom is -0.316 e. The monoisotopic (exact) mass is 224 g/mol. The number of hydrogen-bond donors (Lipinski definition) is 1. The molecule has 0 spiro atoms. The van der Waals surface area contributed by atoms with Crippen LogP contribution in [0.15, 0.2) is 6.33 Å². The number of nitrogens with one attached hydrogen (secondary N) is 1. The first kappa shape index (κ1) is 13.2.